The Kier molecular flexibility index (Phi) is 5.09. The summed E-state index contributed by atoms with van der Waals surface area (Å²) in [5.74, 6) is 1.62. The maximum Gasteiger partial charge on any atom is 0.0396 e. The number of benzene rings is 1. The van der Waals surface area contributed by atoms with Crippen molar-refractivity contribution in [2.45, 2.75) is 53.1 Å². The first-order chi connectivity index (χ1) is 9.49. The quantitative estimate of drug-likeness (QED) is 0.809. The maximum absolute atomic E-state index is 3.51. The van der Waals surface area contributed by atoms with Crippen LogP contribution >= 0.6 is 0 Å². The van der Waals surface area contributed by atoms with E-state index < -0.39 is 0 Å². The highest BCUT2D eigenvalue weighted by Crippen LogP contribution is 2.37. The molecular formula is C18H30N2. The van der Waals surface area contributed by atoms with Crippen LogP contribution in [0.1, 0.15) is 44.7 Å². The molecule has 0 heterocycles. The van der Waals surface area contributed by atoms with Gasteiger partial charge in [-0.15, -0.1) is 0 Å². The fourth-order valence-electron chi connectivity index (χ4n) is 2.84. The molecule has 1 saturated carbocycles. The van der Waals surface area contributed by atoms with Crippen LogP contribution in [-0.2, 0) is 6.54 Å². The van der Waals surface area contributed by atoms with Crippen LogP contribution in [-0.4, -0.2) is 19.6 Å². The second-order valence-corrected chi connectivity index (χ2v) is 6.83. The number of hydrogen-bond acceptors (Lipinski definition) is 2. The first kappa shape index (κ1) is 15.4. The lowest BCUT2D eigenvalue weighted by Gasteiger charge is -2.29. The number of hydrogen-bond donors (Lipinski definition) is 1. The van der Waals surface area contributed by atoms with E-state index in [9.17, 15) is 0 Å². The summed E-state index contributed by atoms with van der Waals surface area (Å²) >= 11 is 0. The molecule has 20 heavy (non-hydrogen) atoms. The Hall–Kier alpha value is -1.02. The summed E-state index contributed by atoms with van der Waals surface area (Å²) in [6.07, 6.45) is 2.81. The normalized spacial score (nSPS) is 16.5. The van der Waals surface area contributed by atoms with Crippen molar-refractivity contribution in [3.8, 4) is 0 Å². The molecule has 0 spiro atoms. The zero-order valence-electron chi connectivity index (χ0n) is 13.7. The summed E-state index contributed by atoms with van der Waals surface area (Å²) in [7, 11) is 2.24. The molecule has 2 heteroatoms. The highest BCUT2D eigenvalue weighted by molar-refractivity contribution is 5.54. The number of anilines is 1. The van der Waals surface area contributed by atoms with Gasteiger partial charge in [0.2, 0.25) is 0 Å². The van der Waals surface area contributed by atoms with E-state index in [1.165, 1.54) is 29.7 Å². The van der Waals surface area contributed by atoms with Gasteiger partial charge < -0.3 is 10.2 Å². The Bertz CT molecular complexity index is 435. The Labute approximate surface area is 124 Å². The summed E-state index contributed by atoms with van der Waals surface area (Å²) in [6, 6.07) is 7.56. The van der Waals surface area contributed by atoms with Gasteiger partial charge in [0.25, 0.3) is 0 Å². The lowest BCUT2D eigenvalue weighted by molar-refractivity contribution is 0.552. The van der Waals surface area contributed by atoms with Crippen LogP contribution in [0, 0.1) is 18.8 Å². The number of nitrogens with one attached hydrogen (secondary N) is 1. The fourth-order valence-corrected chi connectivity index (χ4v) is 2.84. The first-order valence-corrected chi connectivity index (χ1v) is 8.02. The SMILES string of the molecule is Cc1cc(CNCC(C)C)ccc1N(C)C(C)C1CC1. The molecule has 1 aliphatic carbocycles. The van der Waals surface area contributed by atoms with Crippen molar-refractivity contribution in [3.05, 3.63) is 29.3 Å². The van der Waals surface area contributed by atoms with Crippen LogP contribution < -0.4 is 10.2 Å². The zero-order chi connectivity index (χ0) is 14.7. The summed E-state index contributed by atoms with van der Waals surface area (Å²) in [4.78, 5) is 2.46. The lowest BCUT2D eigenvalue weighted by atomic mass is 10.1. The predicted octanol–water partition coefficient (Wildman–Crippen LogP) is 3.98. The molecule has 0 saturated heterocycles. The summed E-state index contributed by atoms with van der Waals surface area (Å²) in [5, 5.41) is 3.51. The Balaban J connectivity index is 1.97. The van der Waals surface area contributed by atoms with Gasteiger partial charge in [0.1, 0.15) is 0 Å². The second-order valence-electron chi connectivity index (χ2n) is 6.83. The van der Waals surface area contributed by atoms with Crippen molar-refractivity contribution < 1.29 is 0 Å². The third-order valence-corrected chi connectivity index (χ3v) is 4.44. The predicted molar refractivity (Wildman–Crippen MR) is 88.3 cm³/mol. The number of aryl methyl sites for hydroxylation is 1. The lowest BCUT2D eigenvalue weighted by Crippen LogP contribution is -2.31. The second kappa shape index (κ2) is 6.62. The van der Waals surface area contributed by atoms with Crippen LogP contribution in [0.3, 0.4) is 0 Å². The molecule has 0 bridgehead atoms. The van der Waals surface area contributed by atoms with Crippen molar-refractivity contribution in [1.29, 1.82) is 0 Å². The maximum atomic E-state index is 3.51. The van der Waals surface area contributed by atoms with Gasteiger partial charge >= 0.3 is 0 Å². The van der Waals surface area contributed by atoms with E-state index in [1.807, 2.05) is 0 Å². The minimum Gasteiger partial charge on any atom is -0.371 e. The summed E-state index contributed by atoms with van der Waals surface area (Å²) in [6.45, 7) is 11.1. The van der Waals surface area contributed by atoms with E-state index in [-0.39, 0.29) is 0 Å². The van der Waals surface area contributed by atoms with Gasteiger partial charge in [0.15, 0.2) is 0 Å². The fraction of sp³-hybridized carbons (Fsp3) is 0.667. The molecule has 1 aromatic carbocycles. The van der Waals surface area contributed by atoms with Gasteiger partial charge in [-0.1, -0.05) is 26.0 Å². The van der Waals surface area contributed by atoms with Gasteiger partial charge in [0.05, 0.1) is 0 Å². The number of rotatable bonds is 7. The third-order valence-electron chi connectivity index (χ3n) is 4.44. The monoisotopic (exact) mass is 274 g/mol. The molecular weight excluding hydrogens is 244 g/mol. The molecule has 2 nitrogen and oxygen atoms in total. The molecule has 112 valence electrons. The molecule has 0 aliphatic heterocycles. The minimum absolute atomic E-state index is 0.665. The highest BCUT2D eigenvalue weighted by atomic mass is 15.1. The molecule has 1 fully saturated rings. The molecule has 0 radical (unpaired) electrons. The van der Waals surface area contributed by atoms with Crippen LogP contribution in [0.25, 0.3) is 0 Å². The van der Waals surface area contributed by atoms with Gasteiger partial charge in [-0.2, -0.15) is 0 Å². The van der Waals surface area contributed by atoms with Crippen molar-refractivity contribution >= 4 is 5.69 Å². The minimum atomic E-state index is 0.665. The van der Waals surface area contributed by atoms with Crippen LogP contribution in [0.2, 0.25) is 0 Å². The summed E-state index contributed by atoms with van der Waals surface area (Å²) in [5.41, 5.74) is 4.17. The van der Waals surface area contributed by atoms with Crippen LogP contribution in [0.15, 0.2) is 18.2 Å². The van der Waals surface area contributed by atoms with Crippen molar-refractivity contribution in [3.63, 3.8) is 0 Å². The van der Waals surface area contributed by atoms with Gasteiger partial charge in [-0.25, -0.2) is 0 Å². The third kappa shape index (κ3) is 3.99. The topological polar surface area (TPSA) is 15.3 Å². The highest BCUT2D eigenvalue weighted by Gasteiger charge is 2.30. The molecule has 1 N–H and O–H groups in total. The smallest absolute Gasteiger partial charge is 0.0396 e. The molecule has 1 unspecified atom stereocenters. The Morgan fingerprint density at radius 1 is 1.25 bits per heavy atom. The molecule has 1 atom stereocenters. The van der Waals surface area contributed by atoms with Gasteiger partial charge in [-0.3, -0.25) is 0 Å². The van der Waals surface area contributed by atoms with Crippen LogP contribution in [0.5, 0.6) is 0 Å². The van der Waals surface area contributed by atoms with Crippen molar-refractivity contribution in [1.82, 2.24) is 5.32 Å². The largest absolute Gasteiger partial charge is 0.371 e. The Morgan fingerprint density at radius 3 is 2.50 bits per heavy atom. The first-order valence-electron chi connectivity index (χ1n) is 8.02. The molecule has 0 aromatic heterocycles. The molecule has 1 aromatic rings. The standard InChI is InChI=1S/C18H30N2/c1-13(2)11-19-12-16-6-9-18(14(3)10-16)20(5)15(4)17-7-8-17/h6,9-10,13,15,17,19H,7-8,11-12H2,1-5H3. The molecule has 2 rings (SSSR count). The average Bonchev–Trinajstić information content (AvgIpc) is 3.21. The molecule has 0 amide bonds. The van der Waals surface area contributed by atoms with E-state index in [0.29, 0.717) is 12.0 Å². The van der Waals surface area contributed by atoms with E-state index in [4.69, 9.17) is 0 Å². The average molecular weight is 274 g/mol. The number of nitrogens with zero attached hydrogens (tertiary/aromatic N) is 1. The van der Waals surface area contributed by atoms with E-state index in [2.05, 4.69) is 63.2 Å². The molecule has 1 aliphatic rings. The van der Waals surface area contributed by atoms with Crippen LogP contribution in [0.4, 0.5) is 5.69 Å². The van der Waals surface area contributed by atoms with Crippen molar-refractivity contribution in [2.75, 3.05) is 18.5 Å². The van der Waals surface area contributed by atoms with E-state index in [1.54, 1.807) is 0 Å². The van der Waals surface area contributed by atoms with Gasteiger partial charge in [0, 0.05) is 25.3 Å². The van der Waals surface area contributed by atoms with Crippen molar-refractivity contribution in [2.24, 2.45) is 11.8 Å². The zero-order valence-corrected chi connectivity index (χ0v) is 13.7. The van der Waals surface area contributed by atoms with E-state index >= 15 is 0 Å². The summed E-state index contributed by atoms with van der Waals surface area (Å²) < 4.78 is 0. The van der Waals surface area contributed by atoms with E-state index in [0.717, 1.165) is 19.0 Å². The van der Waals surface area contributed by atoms with Gasteiger partial charge in [-0.05, 0) is 62.3 Å². The Morgan fingerprint density at radius 2 is 1.95 bits per heavy atom.